The molecule has 0 radical (unpaired) electrons. The van der Waals surface area contributed by atoms with E-state index < -0.39 is 17.9 Å². The summed E-state index contributed by atoms with van der Waals surface area (Å²) in [6.07, 6.45) is -0.813. The third-order valence-corrected chi connectivity index (χ3v) is 3.96. The number of para-hydroxylation sites is 1. The number of hydrazine groups is 1. The second kappa shape index (κ2) is 8.58. The Bertz CT molecular complexity index is 800. The Morgan fingerprint density at radius 2 is 1.69 bits per heavy atom. The topological polar surface area (TPSA) is 76.7 Å². The first-order valence-corrected chi connectivity index (χ1v) is 8.38. The summed E-state index contributed by atoms with van der Waals surface area (Å²) in [6, 6.07) is 10.2. The largest absolute Gasteiger partial charge is 0.496 e. The van der Waals surface area contributed by atoms with Gasteiger partial charge < -0.3 is 9.47 Å². The molecular weight excluding hydrogens is 356 g/mol. The van der Waals surface area contributed by atoms with Gasteiger partial charge in [-0.3, -0.25) is 20.4 Å². The van der Waals surface area contributed by atoms with Gasteiger partial charge in [-0.1, -0.05) is 23.7 Å². The Hall–Kier alpha value is -2.73. The lowest BCUT2D eigenvalue weighted by Gasteiger charge is -2.18. The van der Waals surface area contributed by atoms with Crippen LogP contribution in [0.2, 0.25) is 5.02 Å². The molecular formula is C19H21ClN2O4. The smallest absolute Gasteiger partial charge is 0.279 e. The number of nitrogens with one attached hydrogen (secondary N) is 2. The maximum Gasteiger partial charge on any atom is 0.279 e. The molecule has 0 aliphatic heterocycles. The summed E-state index contributed by atoms with van der Waals surface area (Å²) < 4.78 is 10.9. The second-order valence-corrected chi connectivity index (χ2v) is 6.21. The number of hydrogen-bond acceptors (Lipinski definition) is 4. The van der Waals surface area contributed by atoms with Crippen molar-refractivity contribution in [1.29, 1.82) is 0 Å². The Labute approximate surface area is 157 Å². The molecule has 0 saturated carbocycles. The molecule has 0 saturated heterocycles. The molecule has 0 bridgehead atoms. The molecule has 7 heteroatoms. The molecule has 138 valence electrons. The number of rotatable bonds is 5. The van der Waals surface area contributed by atoms with Gasteiger partial charge in [0.1, 0.15) is 11.5 Å². The van der Waals surface area contributed by atoms with Crippen LogP contribution in [0.5, 0.6) is 11.5 Å². The lowest BCUT2D eigenvalue weighted by atomic mass is 10.1. The number of halogens is 1. The molecule has 2 aromatic carbocycles. The second-order valence-electron chi connectivity index (χ2n) is 5.77. The highest BCUT2D eigenvalue weighted by molar-refractivity contribution is 6.30. The molecule has 2 amide bonds. The van der Waals surface area contributed by atoms with Crippen molar-refractivity contribution in [1.82, 2.24) is 10.9 Å². The average molecular weight is 377 g/mol. The molecule has 0 fully saturated rings. The molecule has 2 aromatic rings. The molecule has 0 aromatic heterocycles. The third-order valence-electron chi connectivity index (χ3n) is 3.74. The zero-order valence-corrected chi connectivity index (χ0v) is 15.8. The summed E-state index contributed by atoms with van der Waals surface area (Å²) in [7, 11) is 1.47. The van der Waals surface area contributed by atoms with Crippen LogP contribution in [0, 0.1) is 13.8 Å². The van der Waals surface area contributed by atoms with Gasteiger partial charge in [0.2, 0.25) is 0 Å². The Kier molecular flexibility index (Phi) is 6.46. The highest BCUT2D eigenvalue weighted by Gasteiger charge is 2.19. The van der Waals surface area contributed by atoms with E-state index in [1.54, 1.807) is 43.3 Å². The van der Waals surface area contributed by atoms with Crippen LogP contribution in [-0.4, -0.2) is 25.0 Å². The first kappa shape index (κ1) is 19.6. The first-order chi connectivity index (χ1) is 12.3. The Morgan fingerprint density at radius 1 is 1.08 bits per heavy atom. The van der Waals surface area contributed by atoms with E-state index in [0.29, 0.717) is 22.1 Å². The van der Waals surface area contributed by atoms with Crippen LogP contribution < -0.4 is 20.3 Å². The highest BCUT2D eigenvalue weighted by atomic mass is 35.5. The zero-order valence-electron chi connectivity index (χ0n) is 15.1. The minimum Gasteiger partial charge on any atom is -0.496 e. The maximum absolute atomic E-state index is 12.2. The summed E-state index contributed by atoms with van der Waals surface area (Å²) in [4.78, 5) is 24.4. The molecule has 2 N–H and O–H groups in total. The van der Waals surface area contributed by atoms with Crippen LogP contribution >= 0.6 is 11.6 Å². The van der Waals surface area contributed by atoms with E-state index in [1.807, 2.05) is 13.8 Å². The quantitative estimate of drug-likeness (QED) is 0.786. The maximum atomic E-state index is 12.2. The molecule has 26 heavy (non-hydrogen) atoms. The monoisotopic (exact) mass is 376 g/mol. The van der Waals surface area contributed by atoms with Crippen LogP contribution in [0.15, 0.2) is 36.4 Å². The summed E-state index contributed by atoms with van der Waals surface area (Å²) in [5.74, 6) is 0.0351. The van der Waals surface area contributed by atoms with Crippen molar-refractivity contribution in [2.24, 2.45) is 0 Å². The molecule has 1 unspecified atom stereocenters. The first-order valence-electron chi connectivity index (χ1n) is 8.00. The molecule has 0 heterocycles. The van der Waals surface area contributed by atoms with Gasteiger partial charge in [0, 0.05) is 5.02 Å². The van der Waals surface area contributed by atoms with Crippen molar-refractivity contribution in [3.05, 3.63) is 58.1 Å². The number of amides is 2. The highest BCUT2D eigenvalue weighted by Crippen LogP contribution is 2.27. The van der Waals surface area contributed by atoms with Gasteiger partial charge in [-0.05, 0) is 56.2 Å². The predicted molar refractivity (Wildman–Crippen MR) is 99.6 cm³/mol. The van der Waals surface area contributed by atoms with Gasteiger partial charge in [-0.2, -0.15) is 0 Å². The van der Waals surface area contributed by atoms with Gasteiger partial charge in [-0.25, -0.2) is 0 Å². The van der Waals surface area contributed by atoms with Crippen LogP contribution in [0.4, 0.5) is 0 Å². The van der Waals surface area contributed by atoms with Crippen molar-refractivity contribution in [3.63, 3.8) is 0 Å². The number of carbonyl (C=O) groups excluding carboxylic acids is 2. The molecule has 2 rings (SSSR count). The van der Waals surface area contributed by atoms with Gasteiger partial charge in [-0.15, -0.1) is 0 Å². The fraction of sp³-hybridized carbons (Fsp3) is 0.263. The lowest BCUT2D eigenvalue weighted by Crippen LogP contribution is -2.47. The van der Waals surface area contributed by atoms with Gasteiger partial charge in [0.15, 0.2) is 6.10 Å². The number of benzene rings is 2. The standard InChI is InChI=1S/C19H21ClN2O4/c1-11-9-14(20)10-12(2)17(11)26-13(3)18(23)21-22-19(24)15-7-5-6-8-16(15)25-4/h5-10,13H,1-4H3,(H,21,23)(H,22,24). The van der Waals surface area contributed by atoms with Gasteiger partial charge in [0.05, 0.1) is 12.7 Å². The summed E-state index contributed by atoms with van der Waals surface area (Å²) >= 11 is 6.00. The number of carbonyl (C=O) groups is 2. The summed E-state index contributed by atoms with van der Waals surface area (Å²) in [6.45, 7) is 5.29. The Balaban J connectivity index is 1.98. The van der Waals surface area contributed by atoms with Crippen molar-refractivity contribution in [3.8, 4) is 11.5 Å². The number of ether oxygens (including phenoxy) is 2. The van der Waals surface area contributed by atoms with Crippen molar-refractivity contribution >= 4 is 23.4 Å². The molecule has 0 spiro atoms. The molecule has 6 nitrogen and oxygen atoms in total. The normalized spacial score (nSPS) is 11.4. The molecule has 1 atom stereocenters. The van der Waals surface area contributed by atoms with E-state index in [4.69, 9.17) is 21.1 Å². The van der Waals surface area contributed by atoms with E-state index in [1.165, 1.54) is 7.11 Å². The Morgan fingerprint density at radius 3 is 2.31 bits per heavy atom. The summed E-state index contributed by atoms with van der Waals surface area (Å²) in [5.41, 5.74) is 6.68. The van der Waals surface area contributed by atoms with E-state index >= 15 is 0 Å². The third kappa shape index (κ3) is 4.67. The fourth-order valence-electron chi connectivity index (χ4n) is 2.43. The van der Waals surface area contributed by atoms with Crippen LogP contribution in [-0.2, 0) is 4.79 Å². The minimum absolute atomic E-state index is 0.313. The lowest BCUT2D eigenvalue weighted by molar-refractivity contribution is -0.128. The van der Waals surface area contributed by atoms with Crippen molar-refractivity contribution in [2.75, 3.05) is 7.11 Å². The van der Waals surface area contributed by atoms with Crippen molar-refractivity contribution in [2.45, 2.75) is 26.9 Å². The van der Waals surface area contributed by atoms with E-state index in [0.717, 1.165) is 11.1 Å². The predicted octanol–water partition coefficient (Wildman–Crippen LogP) is 3.19. The van der Waals surface area contributed by atoms with E-state index in [9.17, 15) is 9.59 Å². The zero-order chi connectivity index (χ0) is 19.3. The SMILES string of the molecule is COc1ccccc1C(=O)NNC(=O)C(C)Oc1c(C)cc(Cl)cc1C. The summed E-state index contributed by atoms with van der Waals surface area (Å²) in [5, 5.41) is 0.605. The number of methoxy groups -OCH3 is 1. The van der Waals surface area contributed by atoms with Gasteiger partial charge in [0.25, 0.3) is 11.8 Å². The van der Waals surface area contributed by atoms with Crippen LogP contribution in [0.3, 0.4) is 0 Å². The number of hydrogen-bond donors (Lipinski definition) is 2. The number of aryl methyl sites for hydroxylation is 2. The van der Waals surface area contributed by atoms with Crippen LogP contribution in [0.1, 0.15) is 28.4 Å². The van der Waals surface area contributed by atoms with E-state index in [-0.39, 0.29) is 0 Å². The van der Waals surface area contributed by atoms with Gasteiger partial charge >= 0.3 is 0 Å². The molecule has 0 aliphatic rings. The fourth-order valence-corrected chi connectivity index (χ4v) is 2.76. The van der Waals surface area contributed by atoms with Crippen LogP contribution in [0.25, 0.3) is 0 Å². The molecule has 0 aliphatic carbocycles. The van der Waals surface area contributed by atoms with Crippen molar-refractivity contribution < 1.29 is 19.1 Å². The minimum atomic E-state index is -0.813. The van der Waals surface area contributed by atoms with E-state index in [2.05, 4.69) is 10.9 Å². The average Bonchev–Trinajstić information content (AvgIpc) is 2.61.